The molecule has 0 aromatic heterocycles. The molecule has 0 amide bonds. The van der Waals surface area contributed by atoms with Crippen molar-refractivity contribution >= 4 is 0 Å². The van der Waals surface area contributed by atoms with Crippen LogP contribution in [0.2, 0.25) is 0 Å². The van der Waals surface area contributed by atoms with E-state index in [1.54, 1.807) is 0 Å². The number of benzene rings is 2. The molecule has 0 aliphatic carbocycles. The van der Waals surface area contributed by atoms with Gasteiger partial charge in [-0.1, -0.05) is 18.2 Å². The van der Waals surface area contributed by atoms with Gasteiger partial charge in [0, 0.05) is 11.6 Å². The summed E-state index contributed by atoms with van der Waals surface area (Å²) in [7, 11) is 0. The summed E-state index contributed by atoms with van der Waals surface area (Å²) in [6.07, 6.45) is 0. The van der Waals surface area contributed by atoms with E-state index in [0.717, 1.165) is 22.8 Å². The minimum Gasteiger partial charge on any atom is -0.207 e. The fraction of sp³-hybridized carbons (Fsp3) is 0.143. The van der Waals surface area contributed by atoms with Crippen molar-refractivity contribution in [3.8, 4) is 11.1 Å². The molecule has 2 aromatic rings. The van der Waals surface area contributed by atoms with Crippen molar-refractivity contribution in [2.24, 2.45) is 0 Å². The standard InChI is InChI=1S/C14H12F2/c1-9-4-3-5-10(2)14(9)12-7-6-11(15)8-13(12)16/h3-8H,1-2H3. The van der Waals surface area contributed by atoms with Gasteiger partial charge in [-0.05, 0) is 42.7 Å². The second-order valence-electron chi connectivity index (χ2n) is 3.89. The molecule has 0 bridgehead atoms. The third-order valence-electron chi connectivity index (χ3n) is 2.68. The zero-order valence-corrected chi connectivity index (χ0v) is 9.22. The van der Waals surface area contributed by atoms with Gasteiger partial charge in [0.2, 0.25) is 0 Å². The molecule has 0 spiro atoms. The van der Waals surface area contributed by atoms with E-state index in [4.69, 9.17) is 0 Å². The Hall–Kier alpha value is -1.70. The molecule has 16 heavy (non-hydrogen) atoms. The minimum atomic E-state index is -0.549. The summed E-state index contributed by atoms with van der Waals surface area (Å²) in [5.74, 6) is -1.06. The molecule has 0 saturated heterocycles. The lowest BCUT2D eigenvalue weighted by Gasteiger charge is -2.10. The smallest absolute Gasteiger partial charge is 0.133 e. The van der Waals surface area contributed by atoms with Crippen LogP contribution < -0.4 is 0 Å². The molecule has 0 aliphatic rings. The van der Waals surface area contributed by atoms with Gasteiger partial charge in [0.25, 0.3) is 0 Å². The molecule has 2 heteroatoms. The average Bonchev–Trinajstić information content (AvgIpc) is 2.20. The van der Waals surface area contributed by atoms with Crippen LogP contribution >= 0.6 is 0 Å². The highest BCUT2D eigenvalue weighted by atomic mass is 19.1. The van der Waals surface area contributed by atoms with Crippen molar-refractivity contribution in [1.29, 1.82) is 0 Å². The van der Waals surface area contributed by atoms with E-state index in [1.165, 1.54) is 12.1 Å². The minimum absolute atomic E-state index is 0.456. The highest BCUT2D eigenvalue weighted by Crippen LogP contribution is 2.29. The highest BCUT2D eigenvalue weighted by Gasteiger charge is 2.10. The van der Waals surface area contributed by atoms with Crippen LogP contribution in [0.25, 0.3) is 11.1 Å². The number of aryl methyl sites for hydroxylation is 2. The van der Waals surface area contributed by atoms with Crippen LogP contribution in [0.5, 0.6) is 0 Å². The third kappa shape index (κ3) is 1.83. The number of halogens is 2. The van der Waals surface area contributed by atoms with Gasteiger partial charge in [-0.3, -0.25) is 0 Å². The SMILES string of the molecule is Cc1cccc(C)c1-c1ccc(F)cc1F. The molecule has 2 aromatic carbocycles. The van der Waals surface area contributed by atoms with E-state index in [9.17, 15) is 8.78 Å². The van der Waals surface area contributed by atoms with Gasteiger partial charge in [-0.15, -0.1) is 0 Å². The number of rotatable bonds is 1. The largest absolute Gasteiger partial charge is 0.207 e. The summed E-state index contributed by atoms with van der Waals surface area (Å²) < 4.78 is 26.5. The van der Waals surface area contributed by atoms with Crippen molar-refractivity contribution in [2.45, 2.75) is 13.8 Å². The predicted molar refractivity (Wildman–Crippen MR) is 61.3 cm³/mol. The maximum atomic E-state index is 13.7. The first kappa shape index (κ1) is 10.8. The summed E-state index contributed by atoms with van der Waals surface area (Å²) >= 11 is 0. The van der Waals surface area contributed by atoms with Gasteiger partial charge in [0.15, 0.2) is 0 Å². The third-order valence-corrected chi connectivity index (χ3v) is 2.68. The van der Waals surface area contributed by atoms with Gasteiger partial charge in [0.1, 0.15) is 11.6 Å². The molecule has 0 fully saturated rings. The van der Waals surface area contributed by atoms with Crippen molar-refractivity contribution in [1.82, 2.24) is 0 Å². The fourth-order valence-electron chi connectivity index (χ4n) is 1.93. The fourth-order valence-corrected chi connectivity index (χ4v) is 1.93. The Kier molecular flexibility index (Phi) is 2.73. The summed E-state index contributed by atoms with van der Waals surface area (Å²) in [6.45, 7) is 3.84. The van der Waals surface area contributed by atoms with E-state index in [2.05, 4.69) is 0 Å². The summed E-state index contributed by atoms with van der Waals surface area (Å²) in [5, 5.41) is 0. The predicted octanol–water partition coefficient (Wildman–Crippen LogP) is 4.25. The van der Waals surface area contributed by atoms with Crippen molar-refractivity contribution in [3.05, 3.63) is 59.2 Å². The zero-order chi connectivity index (χ0) is 11.7. The average molecular weight is 218 g/mol. The second kappa shape index (κ2) is 4.05. The van der Waals surface area contributed by atoms with Crippen LogP contribution in [-0.2, 0) is 0 Å². The van der Waals surface area contributed by atoms with Crippen molar-refractivity contribution in [3.63, 3.8) is 0 Å². The van der Waals surface area contributed by atoms with Gasteiger partial charge < -0.3 is 0 Å². The molecule has 0 atom stereocenters. The van der Waals surface area contributed by atoms with Crippen LogP contribution in [0, 0.1) is 25.5 Å². The molecule has 0 N–H and O–H groups in total. The molecule has 0 radical (unpaired) electrons. The Morgan fingerprint density at radius 2 is 1.50 bits per heavy atom. The monoisotopic (exact) mass is 218 g/mol. The van der Waals surface area contributed by atoms with Crippen molar-refractivity contribution in [2.75, 3.05) is 0 Å². The van der Waals surface area contributed by atoms with Crippen LogP contribution in [-0.4, -0.2) is 0 Å². The quantitative estimate of drug-likeness (QED) is 0.671. The maximum absolute atomic E-state index is 13.7. The normalized spacial score (nSPS) is 10.5. The van der Waals surface area contributed by atoms with E-state index in [-0.39, 0.29) is 0 Å². The van der Waals surface area contributed by atoms with Crippen LogP contribution in [0.3, 0.4) is 0 Å². The molecule has 0 aliphatic heterocycles. The van der Waals surface area contributed by atoms with Gasteiger partial charge in [-0.2, -0.15) is 0 Å². The van der Waals surface area contributed by atoms with Gasteiger partial charge in [-0.25, -0.2) is 8.78 Å². The number of hydrogen-bond acceptors (Lipinski definition) is 0. The van der Waals surface area contributed by atoms with Crippen LogP contribution in [0.4, 0.5) is 8.78 Å². The Morgan fingerprint density at radius 1 is 0.875 bits per heavy atom. The Morgan fingerprint density at radius 3 is 2.06 bits per heavy atom. The van der Waals surface area contributed by atoms with E-state index < -0.39 is 11.6 Å². The lowest BCUT2D eigenvalue weighted by molar-refractivity contribution is 0.585. The Balaban J connectivity index is 2.68. The van der Waals surface area contributed by atoms with Gasteiger partial charge in [0.05, 0.1) is 0 Å². The van der Waals surface area contributed by atoms with E-state index >= 15 is 0 Å². The molecule has 0 nitrogen and oxygen atoms in total. The first-order valence-electron chi connectivity index (χ1n) is 5.11. The highest BCUT2D eigenvalue weighted by molar-refractivity contribution is 5.71. The van der Waals surface area contributed by atoms with Crippen LogP contribution in [0.1, 0.15) is 11.1 Å². The zero-order valence-electron chi connectivity index (χ0n) is 9.22. The van der Waals surface area contributed by atoms with Gasteiger partial charge >= 0.3 is 0 Å². The second-order valence-corrected chi connectivity index (χ2v) is 3.89. The van der Waals surface area contributed by atoms with Crippen molar-refractivity contribution < 1.29 is 8.78 Å². The summed E-state index contributed by atoms with van der Waals surface area (Å²) in [5.41, 5.74) is 3.29. The first-order chi connectivity index (χ1) is 7.59. The molecular formula is C14H12F2. The molecule has 2 rings (SSSR count). The van der Waals surface area contributed by atoms with E-state index in [1.807, 2.05) is 32.0 Å². The summed E-state index contributed by atoms with van der Waals surface area (Å²) in [6, 6.07) is 9.46. The molecule has 0 heterocycles. The molecule has 0 unspecified atom stereocenters. The molecular weight excluding hydrogens is 206 g/mol. The Labute approximate surface area is 93.5 Å². The van der Waals surface area contributed by atoms with Crippen LogP contribution in [0.15, 0.2) is 36.4 Å². The first-order valence-corrected chi connectivity index (χ1v) is 5.11. The maximum Gasteiger partial charge on any atom is 0.133 e. The Bertz CT molecular complexity index is 510. The lowest BCUT2D eigenvalue weighted by Crippen LogP contribution is -1.92. The topological polar surface area (TPSA) is 0 Å². The summed E-state index contributed by atoms with van der Waals surface area (Å²) in [4.78, 5) is 0. The molecule has 82 valence electrons. The lowest BCUT2D eigenvalue weighted by atomic mass is 9.95. The molecule has 0 saturated carbocycles. The number of hydrogen-bond donors (Lipinski definition) is 0. The van der Waals surface area contributed by atoms with E-state index in [0.29, 0.717) is 5.56 Å².